The van der Waals surface area contributed by atoms with Crippen LogP contribution in [0.4, 0.5) is 5.69 Å². The van der Waals surface area contributed by atoms with Crippen LogP contribution in [0, 0.1) is 0 Å². The highest BCUT2D eigenvalue weighted by atomic mass is 32.2. The van der Waals surface area contributed by atoms with Gasteiger partial charge in [-0.3, -0.25) is 4.72 Å². The van der Waals surface area contributed by atoms with Crippen molar-refractivity contribution in [3.05, 3.63) is 114 Å². The van der Waals surface area contributed by atoms with E-state index in [0.717, 1.165) is 24.0 Å². The number of rotatable bonds is 6. The number of phenolic OH excluding ortho intramolecular Hbond substituents is 2. The number of phenols is 2. The molecular weight excluding hydrogens is 510 g/mol. The lowest BCUT2D eigenvalue weighted by Gasteiger charge is -2.20. The molecule has 0 aromatic heterocycles. The lowest BCUT2D eigenvalue weighted by molar-refractivity contribution is 0.471. The molecule has 0 saturated heterocycles. The molecule has 0 atom stereocenters. The van der Waals surface area contributed by atoms with Crippen LogP contribution in [0.3, 0.4) is 0 Å². The Hall–Kier alpha value is -4.75. The lowest BCUT2D eigenvalue weighted by atomic mass is 9.88. The summed E-state index contributed by atoms with van der Waals surface area (Å²) in [6.45, 7) is 0. The molecule has 0 spiro atoms. The molecule has 5 aromatic carbocycles. The monoisotopic (exact) mass is 535 g/mol. The third-order valence-corrected chi connectivity index (χ3v) is 8.20. The Balaban J connectivity index is 1.41. The van der Waals surface area contributed by atoms with E-state index in [9.17, 15) is 18.6 Å². The zero-order valence-corrected chi connectivity index (χ0v) is 21.7. The van der Waals surface area contributed by atoms with Crippen molar-refractivity contribution in [3.63, 3.8) is 0 Å². The Bertz CT molecular complexity index is 1830. The van der Waals surface area contributed by atoms with Gasteiger partial charge in [0.15, 0.2) is 0 Å². The predicted molar refractivity (Wildman–Crippen MR) is 154 cm³/mol. The number of hydrogen-bond donors (Lipinski definition) is 3. The molecule has 1 aliphatic carbocycles. The number of aromatic hydroxyl groups is 2. The van der Waals surface area contributed by atoms with Gasteiger partial charge in [0.2, 0.25) is 0 Å². The molecule has 0 fully saturated rings. The van der Waals surface area contributed by atoms with E-state index in [-0.39, 0.29) is 16.4 Å². The van der Waals surface area contributed by atoms with Gasteiger partial charge in [0.1, 0.15) is 23.0 Å². The number of fused-ring (bicyclic) bond motifs is 2. The predicted octanol–water partition coefficient (Wildman–Crippen LogP) is 7.47. The first-order valence-electron chi connectivity index (χ1n) is 12.5. The zero-order valence-electron chi connectivity index (χ0n) is 20.8. The van der Waals surface area contributed by atoms with Crippen LogP contribution >= 0.6 is 0 Å². The molecule has 0 saturated carbocycles. The average Bonchev–Trinajstić information content (AvgIpc) is 2.96. The van der Waals surface area contributed by atoms with Gasteiger partial charge >= 0.3 is 0 Å². The van der Waals surface area contributed by atoms with Crippen molar-refractivity contribution >= 4 is 32.6 Å². The van der Waals surface area contributed by atoms with Gasteiger partial charge < -0.3 is 14.9 Å². The summed E-state index contributed by atoms with van der Waals surface area (Å²) >= 11 is 0. The molecule has 0 radical (unpaired) electrons. The molecule has 3 N–H and O–H groups in total. The standard InChI is InChI=1S/C32H25NO5S/c34-30-19-14-21-8-4-5-11-25(21)31(30)28-20-29(26-12-6-7-13-27(26)32(28)35)33-39(36,37)24-17-15-23(16-18-24)38-22-9-2-1-3-10-22/h1-3,5-7,9-20,33-35H,4,8H2. The largest absolute Gasteiger partial charge is 0.507 e. The molecule has 39 heavy (non-hydrogen) atoms. The fourth-order valence-corrected chi connectivity index (χ4v) is 6.00. The molecular formula is C32H25NO5S. The molecule has 0 bridgehead atoms. The number of sulfonamides is 1. The molecule has 5 aromatic rings. The number of allylic oxidation sites excluding steroid dienone is 1. The van der Waals surface area contributed by atoms with Crippen LogP contribution in [-0.4, -0.2) is 18.6 Å². The first kappa shape index (κ1) is 24.6. The van der Waals surface area contributed by atoms with Crippen molar-refractivity contribution < 1.29 is 23.4 Å². The van der Waals surface area contributed by atoms with Gasteiger partial charge in [-0.25, -0.2) is 8.42 Å². The molecule has 0 heterocycles. The van der Waals surface area contributed by atoms with Crippen LogP contribution in [0.1, 0.15) is 17.5 Å². The number of hydrogen-bond acceptors (Lipinski definition) is 5. The summed E-state index contributed by atoms with van der Waals surface area (Å²) in [4.78, 5) is 0.0597. The van der Waals surface area contributed by atoms with E-state index in [1.54, 1.807) is 48.5 Å². The second-order valence-corrected chi connectivity index (χ2v) is 11.0. The van der Waals surface area contributed by atoms with E-state index in [1.165, 1.54) is 12.1 Å². The summed E-state index contributed by atoms with van der Waals surface area (Å²) in [7, 11) is -4.00. The van der Waals surface area contributed by atoms with E-state index in [2.05, 4.69) is 4.72 Å². The van der Waals surface area contributed by atoms with Crippen molar-refractivity contribution in [1.29, 1.82) is 0 Å². The minimum Gasteiger partial charge on any atom is -0.507 e. The molecule has 1 aliphatic rings. The third-order valence-electron chi connectivity index (χ3n) is 6.82. The molecule has 0 unspecified atom stereocenters. The van der Waals surface area contributed by atoms with Gasteiger partial charge in [-0.05, 0) is 72.5 Å². The highest BCUT2D eigenvalue weighted by molar-refractivity contribution is 7.92. The first-order chi connectivity index (χ1) is 18.9. The number of para-hydroxylation sites is 1. The summed E-state index contributed by atoms with van der Waals surface area (Å²) in [5.41, 5.74) is 2.97. The third kappa shape index (κ3) is 4.69. The van der Waals surface area contributed by atoms with Crippen LogP contribution < -0.4 is 9.46 Å². The highest BCUT2D eigenvalue weighted by Gasteiger charge is 2.23. The quantitative estimate of drug-likeness (QED) is 0.196. The smallest absolute Gasteiger partial charge is 0.261 e. The Morgan fingerprint density at radius 3 is 2.23 bits per heavy atom. The maximum atomic E-state index is 13.5. The summed E-state index contributed by atoms with van der Waals surface area (Å²) in [5, 5.41) is 23.2. The molecule has 6 rings (SSSR count). The summed E-state index contributed by atoms with van der Waals surface area (Å²) in [6, 6.07) is 27.5. The van der Waals surface area contributed by atoms with Crippen molar-refractivity contribution in [2.45, 2.75) is 17.7 Å². The molecule has 194 valence electrons. The van der Waals surface area contributed by atoms with Crippen LogP contribution in [0.5, 0.6) is 23.0 Å². The highest BCUT2D eigenvalue weighted by Crippen LogP contribution is 2.46. The van der Waals surface area contributed by atoms with E-state index >= 15 is 0 Å². The van der Waals surface area contributed by atoms with Gasteiger partial charge in [-0.15, -0.1) is 0 Å². The summed E-state index contributed by atoms with van der Waals surface area (Å²) in [5.74, 6) is 1.14. The van der Waals surface area contributed by atoms with Gasteiger partial charge in [0, 0.05) is 21.9 Å². The van der Waals surface area contributed by atoms with Crippen molar-refractivity contribution in [2.75, 3.05) is 4.72 Å². The maximum Gasteiger partial charge on any atom is 0.261 e. The summed E-state index contributed by atoms with van der Waals surface area (Å²) < 4.78 is 35.4. The van der Waals surface area contributed by atoms with Crippen LogP contribution in [0.2, 0.25) is 0 Å². The molecule has 0 aliphatic heterocycles. The SMILES string of the molecule is O=S(=O)(Nc1cc(-c2c(O)ccc3c2C=CCC3)c(O)c2ccccc12)c1ccc(Oc2ccccc2)cc1. The van der Waals surface area contributed by atoms with Gasteiger partial charge in [0.25, 0.3) is 10.0 Å². The minimum absolute atomic E-state index is 0.00805. The van der Waals surface area contributed by atoms with Crippen LogP contribution in [0.15, 0.2) is 108 Å². The zero-order chi connectivity index (χ0) is 27.0. The Morgan fingerprint density at radius 2 is 1.46 bits per heavy atom. The fourth-order valence-electron chi connectivity index (χ4n) is 4.93. The van der Waals surface area contributed by atoms with Crippen molar-refractivity contribution in [2.24, 2.45) is 0 Å². The maximum absolute atomic E-state index is 13.5. The van der Waals surface area contributed by atoms with Crippen molar-refractivity contribution in [3.8, 4) is 34.1 Å². The number of nitrogens with one attached hydrogen (secondary N) is 1. The first-order valence-corrected chi connectivity index (χ1v) is 14.0. The Labute approximate surface area is 226 Å². The summed E-state index contributed by atoms with van der Waals surface area (Å²) in [6.07, 6.45) is 5.67. The number of anilines is 1. The van der Waals surface area contributed by atoms with Gasteiger partial charge in [0.05, 0.1) is 10.6 Å². The van der Waals surface area contributed by atoms with E-state index in [1.807, 2.05) is 48.6 Å². The number of aryl methyl sites for hydroxylation is 1. The molecule has 7 heteroatoms. The topological polar surface area (TPSA) is 95.9 Å². The van der Waals surface area contributed by atoms with E-state index in [4.69, 9.17) is 4.74 Å². The number of benzene rings is 5. The normalized spacial score (nSPS) is 12.7. The molecule has 0 amide bonds. The fraction of sp³-hybridized carbons (Fsp3) is 0.0625. The second-order valence-electron chi connectivity index (χ2n) is 9.33. The van der Waals surface area contributed by atoms with Gasteiger partial charge in [-0.2, -0.15) is 0 Å². The lowest BCUT2D eigenvalue weighted by Crippen LogP contribution is -2.13. The number of ether oxygens (including phenoxy) is 1. The van der Waals surface area contributed by atoms with Gasteiger partial charge in [-0.1, -0.05) is 60.7 Å². The van der Waals surface area contributed by atoms with Crippen molar-refractivity contribution in [1.82, 2.24) is 0 Å². The second kappa shape index (κ2) is 9.85. The van der Waals surface area contributed by atoms with E-state index < -0.39 is 10.0 Å². The Morgan fingerprint density at radius 1 is 0.769 bits per heavy atom. The van der Waals surface area contributed by atoms with Crippen LogP contribution in [-0.2, 0) is 16.4 Å². The Kier molecular flexibility index (Phi) is 6.21. The average molecular weight is 536 g/mol. The van der Waals surface area contributed by atoms with Crippen LogP contribution in [0.25, 0.3) is 28.0 Å². The minimum atomic E-state index is -4.00. The molecule has 6 nitrogen and oxygen atoms in total. The van der Waals surface area contributed by atoms with E-state index in [0.29, 0.717) is 39.1 Å².